The molecule has 1 atom stereocenters. The highest BCUT2D eigenvalue weighted by Gasteiger charge is 2.35. The molecule has 0 spiro atoms. The lowest BCUT2D eigenvalue weighted by atomic mass is 10.1. The zero-order chi connectivity index (χ0) is 18.0. The van der Waals surface area contributed by atoms with Crippen LogP contribution in [-0.4, -0.2) is 53.9 Å². The molecule has 2 heterocycles. The summed E-state index contributed by atoms with van der Waals surface area (Å²) >= 11 is 0. The normalized spacial score (nSPS) is 20.0. The number of benzene rings is 1. The molecule has 25 heavy (non-hydrogen) atoms. The van der Waals surface area contributed by atoms with Gasteiger partial charge in [0.15, 0.2) is 0 Å². The minimum Gasteiger partial charge on any atom is -0.382 e. The highest BCUT2D eigenvalue weighted by Crippen LogP contribution is 2.21. The molecular formula is C19H24N2O4. The number of carbonyl (C=O) groups is 1. The molecular weight excluding hydrogens is 320 g/mol. The number of morpholine rings is 1. The van der Waals surface area contributed by atoms with Crippen molar-refractivity contribution in [3.05, 3.63) is 46.9 Å². The van der Waals surface area contributed by atoms with E-state index in [0.29, 0.717) is 25.1 Å². The van der Waals surface area contributed by atoms with E-state index in [2.05, 4.69) is 0 Å². The molecule has 0 bridgehead atoms. The highest BCUT2D eigenvalue weighted by molar-refractivity contribution is 5.82. The summed E-state index contributed by atoms with van der Waals surface area (Å²) in [5, 5.41) is 1.50. The fourth-order valence-electron chi connectivity index (χ4n) is 3.36. The Balaban J connectivity index is 1.80. The molecule has 2 aromatic rings. The molecule has 1 aromatic carbocycles. The topological polar surface area (TPSA) is 60.8 Å². The Hall–Kier alpha value is -2.18. The first-order chi connectivity index (χ1) is 11.9. The Kier molecular flexibility index (Phi) is 4.92. The lowest BCUT2D eigenvalue weighted by Crippen LogP contribution is -2.56. The van der Waals surface area contributed by atoms with Gasteiger partial charge in [-0.15, -0.1) is 0 Å². The summed E-state index contributed by atoms with van der Waals surface area (Å²) in [4.78, 5) is 27.1. The maximum absolute atomic E-state index is 12.8. The van der Waals surface area contributed by atoms with Gasteiger partial charge in [-0.1, -0.05) is 18.2 Å². The third kappa shape index (κ3) is 3.91. The van der Waals surface area contributed by atoms with Crippen LogP contribution in [0.3, 0.4) is 0 Å². The van der Waals surface area contributed by atoms with Crippen molar-refractivity contribution >= 4 is 16.7 Å². The van der Waals surface area contributed by atoms with Crippen LogP contribution in [0, 0.1) is 0 Å². The molecule has 1 aliphatic rings. The van der Waals surface area contributed by atoms with Gasteiger partial charge >= 0.3 is 0 Å². The van der Waals surface area contributed by atoms with E-state index in [4.69, 9.17) is 9.47 Å². The van der Waals surface area contributed by atoms with Crippen LogP contribution in [-0.2, 0) is 20.8 Å². The molecule has 0 aliphatic carbocycles. The summed E-state index contributed by atoms with van der Waals surface area (Å²) in [5.41, 5.74) is -0.585. The molecule has 1 saturated heterocycles. The number of carbonyl (C=O) groups excluding carboxylic acids is 1. The van der Waals surface area contributed by atoms with Crippen LogP contribution in [0.5, 0.6) is 0 Å². The first-order valence-corrected chi connectivity index (χ1v) is 8.42. The zero-order valence-corrected chi connectivity index (χ0v) is 14.9. The highest BCUT2D eigenvalue weighted by atomic mass is 16.5. The van der Waals surface area contributed by atoms with Gasteiger partial charge in [0.05, 0.1) is 18.3 Å². The van der Waals surface area contributed by atoms with E-state index in [0.717, 1.165) is 5.39 Å². The Morgan fingerprint density at radius 3 is 2.84 bits per heavy atom. The number of pyridine rings is 1. The van der Waals surface area contributed by atoms with Gasteiger partial charge in [0.1, 0.15) is 6.54 Å². The summed E-state index contributed by atoms with van der Waals surface area (Å²) in [6.45, 7) is 5.34. The number of rotatable bonds is 4. The van der Waals surface area contributed by atoms with Crippen LogP contribution in [0.25, 0.3) is 10.8 Å². The maximum Gasteiger partial charge on any atom is 0.258 e. The lowest BCUT2D eigenvalue weighted by molar-refractivity contribution is -0.169. The van der Waals surface area contributed by atoms with E-state index in [-0.39, 0.29) is 24.1 Å². The number of aromatic nitrogens is 1. The van der Waals surface area contributed by atoms with Crippen molar-refractivity contribution in [3.63, 3.8) is 0 Å². The smallest absolute Gasteiger partial charge is 0.258 e. The zero-order valence-electron chi connectivity index (χ0n) is 14.9. The molecule has 134 valence electrons. The van der Waals surface area contributed by atoms with E-state index in [1.165, 1.54) is 4.57 Å². The summed E-state index contributed by atoms with van der Waals surface area (Å²) in [7, 11) is 1.62. The van der Waals surface area contributed by atoms with Crippen molar-refractivity contribution in [3.8, 4) is 0 Å². The largest absolute Gasteiger partial charge is 0.382 e. The standard InChI is InChI=1S/C19H24N2O4/c1-19(2)13-21(10-15(25-19)12-24-3)17(22)11-20-9-8-14-6-4-5-7-16(14)18(20)23/h4-9,15H,10-13H2,1-3H3. The van der Waals surface area contributed by atoms with Crippen LogP contribution in [0.4, 0.5) is 0 Å². The summed E-state index contributed by atoms with van der Waals surface area (Å²) < 4.78 is 12.6. The SMILES string of the molecule is COCC1CN(C(=O)Cn2ccc3ccccc3c2=O)CC(C)(C)O1. The average molecular weight is 344 g/mol. The van der Waals surface area contributed by atoms with Crippen molar-refractivity contribution in [2.24, 2.45) is 0 Å². The van der Waals surface area contributed by atoms with E-state index in [1.54, 1.807) is 24.3 Å². The molecule has 0 N–H and O–H groups in total. The van der Waals surface area contributed by atoms with Crippen molar-refractivity contribution < 1.29 is 14.3 Å². The van der Waals surface area contributed by atoms with Crippen LogP contribution < -0.4 is 5.56 Å². The summed E-state index contributed by atoms with van der Waals surface area (Å²) in [6.07, 6.45) is 1.52. The maximum atomic E-state index is 12.8. The Bertz CT molecular complexity index is 828. The second-order valence-corrected chi connectivity index (χ2v) is 7.07. The molecule has 1 amide bonds. The number of hydrogen-bond donors (Lipinski definition) is 0. The summed E-state index contributed by atoms with van der Waals surface area (Å²) in [6, 6.07) is 9.26. The van der Waals surface area contributed by atoms with Crippen LogP contribution in [0.1, 0.15) is 13.8 Å². The molecule has 1 unspecified atom stereocenters. The second-order valence-electron chi connectivity index (χ2n) is 7.07. The third-order valence-electron chi connectivity index (χ3n) is 4.38. The van der Waals surface area contributed by atoms with Crippen molar-refractivity contribution in [2.75, 3.05) is 26.8 Å². The summed E-state index contributed by atoms with van der Waals surface area (Å²) in [5.74, 6) is -0.0881. The van der Waals surface area contributed by atoms with E-state index in [9.17, 15) is 9.59 Å². The predicted molar refractivity (Wildman–Crippen MR) is 95.6 cm³/mol. The first-order valence-electron chi connectivity index (χ1n) is 8.42. The minimum absolute atomic E-state index is 0.0272. The van der Waals surface area contributed by atoms with Crippen LogP contribution in [0.15, 0.2) is 41.3 Å². The van der Waals surface area contributed by atoms with Gasteiger partial charge in [0.25, 0.3) is 5.56 Å². The lowest BCUT2D eigenvalue weighted by Gasteiger charge is -2.42. The Morgan fingerprint density at radius 2 is 2.08 bits per heavy atom. The van der Waals surface area contributed by atoms with Crippen molar-refractivity contribution in [1.82, 2.24) is 9.47 Å². The fraction of sp³-hybridized carbons (Fsp3) is 0.474. The molecule has 0 radical (unpaired) electrons. The van der Waals surface area contributed by atoms with Gasteiger partial charge in [0, 0.05) is 31.8 Å². The molecule has 1 aliphatic heterocycles. The predicted octanol–water partition coefficient (Wildman–Crippen LogP) is 1.65. The number of amides is 1. The Labute approximate surface area is 146 Å². The second kappa shape index (κ2) is 6.98. The van der Waals surface area contributed by atoms with Gasteiger partial charge in [-0.3, -0.25) is 9.59 Å². The van der Waals surface area contributed by atoms with Gasteiger partial charge in [-0.25, -0.2) is 0 Å². The van der Waals surface area contributed by atoms with Gasteiger partial charge in [0.2, 0.25) is 5.91 Å². The molecule has 6 heteroatoms. The molecule has 1 fully saturated rings. The van der Waals surface area contributed by atoms with E-state index < -0.39 is 5.60 Å². The van der Waals surface area contributed by atoms with Crippen LogP contribution >= 0.6 is 0 Å². The number of hydrogen-bond acceptors (Lipinski definition) is 4. The first kappa shape index (κ1) is 17.6. The third-order valence-corrected chi connectivity index (χ3v) is 4.38. The fourth-order valence-corrected chi connectivity index (χ4v) is 3.36. The molecule has 6 nitrogen and oxygen atoms in total. The minimum atomic E-state index is -0.439. The number of ether oxygens (including phenoxy) is 2. The monoisotopic (exact) mass is 344 g/mol. The van der Waals surface area contributed by atoms with Gasteiger partial charge < -0.3 is 18.9 Å². The van der Waals surface area contributed by atoms with Gasteiger partial charge in [-0.2, -0.15) is 0 Å². The molecule has 1 aromatic heterocycles. The van der Waals surface area contributed by atoms with E-state index in [1.807, 2.05) is 38.1 Å². The van der Waals surface area contributed by atoms with E-state index >= 15 is 0 Å². The Morgan fingerprint density at radius 1 is 1.32 bits per heavy atom. The average Bonchev–Trinajstić information content (AvgIpc) is 2.56. The van der Waals surface area contributed by atoms with Gasteiger partial charge in [-0.05, 0) is 31.4 Å². The molecule has 3 rings (SSSR count). The van der Waals surface area contributed by atoms with Crippen molar-refractivity contribution in [1.29, 1.82) is 0 Å². The van der Waals surface area contributed by atoms with Crippen molar-refractivity contribution in [2.45, 2.75) is 32.1 Å². The van der Waals surface area contributed by atoms with Crippen LogP contribution in [0.2, 0.25) is 0 Å². The number of fused-ring (bicyclic) bond motifs is 1. The quantitative estimate of drug-likeness (QED) is 0.846. The molecule has 0 saturated carbocycles. The number of nitrogens with zero attached hydrogens (tertiary/aromatic N) is 2. The number of methoxy groups -OCH3 is 1.